The van der Waals surface area contributed by atoms with Crippen molar-refractivity contribution in [1.29, 1.82) is 0 Å². The Bertz CT molecular complexity index is 473. The molecule has 5 nitrogen and oxygen atoms in total. The van der Waals surface area contributed by atoms with E-state index in [9.17, 15) is 4.79 Å². The number of aromatic nitrogens is 3. The quantitative estimate of drug-likeness (QED) is 0.879. The zero-order chi connectivity index (χ0) is 12.8. The summed E-state index contributed by atoms with van der Waals surface area (Å²) < 4.78 is 2.18. The summed E-state index contributed by atoms with van der Waals surface area (Å²) >= 11 is 0. The van der Waals surface area contributed by atoms with Crippen LogP contribution in [0.4, 0.5) is 0 Å². The van der Waals surface area contributed by atoms with Crippen LogP contribution in [0.25, 0.3) is 0 Å². The molecule has 2 aliphatic rings. The van der Waals surface area contributed by atoms with Crippen LogP contribution < -0.4 is 5.32 Å². The molecule has 98 valence electrons. The first kappa shape index (κ1) is 11.7. The Morgan fingerprint density at radius 2 is 2.11 bits per heavy atom. The van der Waals surface area contributed by atoms with Crippen molar-refractivity contribution in [3.63, 3.8) is 0 Å². The molecular formula is C13H20N4O. The van der Waals surface area contributed by atoms with Gasteiger partial charge in [0.05, 0.1) is 5.54 Å². The van der Waals surface area contributed by atoms with Crippen molar-refractivity contribution in [2.24, 2.45) is 5.92 Å². The average molecular weight is 248 g/mol. The highest BCUT2D eigenvalue weighted by Gasteiger charge is 2.36. The molecule has 0 atom stereocenters. The molecule has 0 saturated heterocycles. The topological polar surface area (TPSA) is 59.8 Å². The molecule has 5 heteroatoms. The lowest BCUT2D eigenvalue weighted by molar-refractivity contribution is -0.124. The Morgan fingerprint density at radius 3 is 2.83 bits per heavy atom. The minimum Gasteiger partial charge on any atom is -0.344 e. The Labute approximate surface area is 107 Å². The number of hydrogen-bond donors (Lipinski definition) is 1. The van der Waals surface area contributed by atoms with Gasteiger partial charge >= 0.3 is 0 Å². The third kappa shape index (κ3) is 2.02. The Hall–Kier alpha value is -1.39. The maximum absolute atomic E-state index is 11.9. The second-order valence-electron chi connectivity index (χ2n) is 5.94. The molecule has 0 unspecified atom stereocenters. The van der Waals surface area contributed by atoms with Gasteiger partial charge in [0.25, 0.3) is 0 Å². The van der Waals surface area contributed by atoms with Crippen LogP contribution in [0.2, 0.25) is 0 Å². The van der Waals surface area contributed by atoms with Crippen LogP contribution in [-0.4, -0.2) is 20.7 Å². The number of carbonyl (C=O) groups is 1. The predicted octanol–water partition coefficient (Wildman–Crippen LogP) is 1.38. The van der Waals surface area contributed by atoms with Crippen molar-refractivity contribution in [1.82, 2.24) is 20.1 Å². The molecule has 1 amide bonds. The van der Waals surface area contributed by atoms with Crippen LogP contribution in [0.15, 0.2) is 0 Å². The first-order chi connectivity index (χ1) is 8.58. The van der Waals surface area contributed by atoms with Crippen molar-refractivity contribution in [2.75, 3.05) is 0 Å². The first-order valence-corrected chi connectivity index (χ1v) is 6.82. The van der Waals surface area contributed by atoms with E-state index < -0.39 is 5.54 Å². The van der Waals surface area contributed by atoms with E-state index in [1.54, 1.807) is 0 Å². The minimum atomic E-state index is -0.428. The molecule has 1 aliphatic heterocycles. The lowest BCUT2D eigenvalue weighted by Gasteiger charge is -2.27. The number of aryl methyl sites for hydroxylation is 1. The van der Waals surface area contributed by atoms with E-state index in [2.05, 4.69) is 20.1 Å². The fourth-order valence-corrected chi connectivity index (χ4v) is 2.58. The maximum Gasteiger partial charge on any atom is 0.223 e. The van der Waals surface area contributed by atoms with Crippen molar-refractivity contribution in [2.45, 2.75) is 58.0 Å². The van der Waals surface area contributed by atoms with Gasteiger partial charge in [-0.15, -0.1) is 10.2 Å². The Balaban J connectivity index is 1.83. The lowest BCUT2D eigenvalue weighted by Crippen LogP contribution is -2.44. The van der Waals surface area contributed by atoms with Crippen molar-refractivity contribution in [3.05, 3.63) is 11.6 Å². The monoisotopic (exact) mass is 248 g/mol. The molecule has 1 aromatic rings. The normalized spacial score (nSPS) is 19.4. The standard InChI is InChI=1S/C13H20N4O/c1-13(2,14-11(18)9-6-7-9)12-16-15-10-5-3-4-8-17(10)12/h9H,3-8H2,1-2H3,(H,14,18). The highest BCUT2D eigenvalue weighted by molar-refractivity contribution is 5.81. The van der Waals surface area contributed by atoms with Gasteiger partial charge in [-0.1, -0.05) is 0 Å². The molecule has 0 radical (unpaired) electrons. The van der Waals surface area contributed by atoms with Gasteiger partial charge in [0.1, 0.15) is 5.82 Å². The van der Waals surface area contributed by atoms with Gasteiger partial charge < -0.3 is 9.88 Å². The number of amides is 1. The Morgan fingerprint density at radius 1 is 1.33 bits per heavy atom. The fourth-order valence-electron chi connectivity index (χ4n) is 2.58. The van der Waals surface area contributed by atoms with E-state index in [4.69, 9.17) is 0 Å². The zero-order valence-corrected chi connectivity index (χ0v) is 11.1. The highest BCUT2D eigenvalue weighted by Crippen LogP contribution is 2.31. The molecule has 2 heterocycles. The van der Waals surface area contributed by atoms with Gasteiger partial charge in [-0.05, 0) is 39.5 Å². The predicted molar refractivity (Wildman–Crippen MR) is 66.9 cm³/mol. The summed E-state index contributed by atoms with van der Waals surface area (Å²) in [5, 5.41) is 11.7. The largest absolute Gasteiger partial charge is 0.344 e. The summed E-state index contributed by atoms with van der Waals surface area (Å²) in [6, 6.07) is 0. The van der Waals surface area contributed by atoms with Crippen LogP contribution >= 0.6 is 0 Å². The molecule has 3 rings (SSSR count). The van der Waals surface area contributed by atoms with E-state index >= 15 is 0 Å². The van der Waals surface area contributed by atoms with Crippen molar-refractivity contribution >= 4 is 5.91 Å². The number of rotatable bonds is 3. The van der Waals surface area contributed by atoms with E-state index in [1.807, 2.05) is 13.8 Å². The molecular weight excluding hydrogens is 228 g/mol. The number of carbonyl (C=O) groups excluding carboxylic acids is 1. The molecule has 0 bridgehead atoms. The minimum absolute atomic E-state index is 0.160. The molecule has 1 fully saturated rings. The third-order valence-corrected chi connectivity index (χ3v) is 3.80. The van der Waals surface area contributed by atoms with E-state index in [-0.39, 0.29) is 11.8 Å². The number of nitrogens with zero attached hydrogens (tertiary/aromatic N) is 3. The Kier molecular flexibility index (Phi) is 2.64. The molecule has 0 aromatic carbocycles. The first-order valence-electron chi connectivity index (χ1n) is 6.82. The average Bonchev–Trinajstić information content (AvgIpc) is 3.08. The van der Waals surface area contributed by atoms with Crippen LogP contribution in [0.3, 0.4) is 0 Å². The molecule has 1 N–H and O–H groups in total. The highest BCUT2D eigenvalue weighted by atomic mass is 16.2. The summed E-state index contributed by atoms with van der Waals surface area (Å²) in [7, 11) is 0. The molecule has 1 aliphatic carbocycles. The van der Waals surface area contributed by atoms with Gasteiger partial charge in [0, 0.05) is 18.9 Å². The van der Waals surface area contributed by atoms with Crippen LogP contribution in [0.5, 0.6) is 0 Å². The van der Waals surface area contributed by atoms with Gasteiger partial charge in [-0.2, -0.15) is 0 Å². The van der Waals surface area contributed by atoms with Gasteiger partial charge in [-0.3, -0.25) is 4.79 Å². The van der Waals surface area contributed by atoms with Gasteiger partial charge in [0.2, 0.25) is 5.91 Å². The maximum atomic E-state index is 11.9. The second-order valence-corrected chi connectivity index (χ2v) is 5.94. The summed E-state index contributed by atoms with van der Waals surface area (Å²) in [4.78, 5) is 11.9. The molecule has 18 heavy (non-hydrogen) atoms. The lowest BCUT2D eigenvalue weighted by atomic mass is 10.0. The molecule has 1 saturated carbocycles. The summed E-state index contributed by atoms with van der Waals surface area (Å²) in [6.07, 6.45) is 5.41. The van der Waals surface area contributed by atoms with Crippen molar-refractivity contribution < 1.29 is 4.79 Å². The van der Waals surface area contributed by atoms with Crippen LogP contribution in [-0.2, 0) is 23.3 Å². The molecule has 0 spiro atoms. The van der Waals surface area contributed by atoms with Crippen molar-refractivity contribution in [3.8, 4) is 0 Å². The zero-order valence-electron chi connectivity index (χ0n) is 11.1. The summed E-state index contributed by atoms with van der Waals surface area (Å²) in [6.45, 7) is 5.00. The fraction of sp³-hybridized carbons (Fsp3) is 0.769. The van der Waals surface area contributed by atoms with E-state index in [0.29, 0.717) is 0 Å². The van der Waals surface area contributed by atoms with Gasteiger partial charge in [0.15, 0.2) is 5.82 Å². The summed E-state index contributed by atoms with van der Waals surface area (Å²) in [5.41, 5.74) is -0.428. The van der Waals surface area contributed by atoms with Crippen LogP contribution in [0, 0.1) is 5.92 Å². The number of fused-ring (bicyclic) bond motifs is 1. The van der Waals surface area contributed by atoms with Crippen LogP contribution in [0.1, 0.15) is 51.2 Å². The van der Waals surface area contributed by atoms with E-state index in [1.165, 1.54) is 12.8 Å². The SMILES string of the molecule is CC(C)(NC(=O)C1CC1)c1nnc2n1CCCC2. The van der Waals surface area contributed by atoms with Gasteiger partial charge in [-0.25, -0.2) is 0 Å². The summed E-state index contributed by atoms with van der Waals surface area (Å²) in [5.74, 6) is 2.34. The number of nitrogens with one attached hydrogen (secondary N) is 1. The smallest absolute Gasteiger partial charge is 0.223 e. The van der Waals surface area contributed by atoms with E-state index in [0.717, 1.165) is 37.5 Å². The number of hydrogen-bond acceptors (Lipinski definition) is 3. The second kappa shape index (κ2) is 4.07. The third-order valence-electron chi connectivity index (χ3n) is 3.80. The molecule has 1 aromatic heterocycles.